The second-order valence-corrected chi connectivity index (χ2v) is 18.8. The Morgan fingerprint density at radius 1 is 0.885 bits per heavy atom. The minimum absolute atomic E-state index is 0.00262. The largest absolute Gasteiger partial charge is 0.481 e. The van der Waals surface area contributed by atoms with E-state index in [1.807, 2.05) is 0 Å². The van der Waals surface area contributed by atoms with E-state index in [0.717, 1.165) is 51.4 Å². The maximum absolute atomic E-state index is 12.9. The van der Waals surface area contributed by atoms with Crippen LogP contribution in [0.25, 0.3) is 0 Å². The van der Waals surface area contributed by atoms with Crippen molar-refractivity contribution in [1.82, 2.24) is 0 Å². The fourth-order valence-corrected chi connectivity index (χ4v) is 13.0. The van der Waals surface area contributed by atoms with Crippen LogP contribution in [0.1, 0.15) is 98.8 Å². The van der Waals surface area contributed by atoms with Crippen molar-refractivity contribution in [3.8, 4) is 0 Å². The van der Waals surface area contributed by atoms with Crippen LogP contribution in [0.3, 0.4) is 0 Å². The highest BCUT2D eigenvalue weighted by Gasteiger charge is 2.69. The number of carbonyl (C=O) groups is 1. The minimum atomic E-state index is -1.69. The topological polar surface area (TPSA) is 196 Å². The van der Waals surface area contributed by atoms with Gasteiger partial charge in [-0.3, -0.25) is 4.79 Å². The van der Waals surface area contributed by atoms with Crippen molar-refractivity contribution in [3.63, 3.8) is 0 Å². The van der Waals surface area contributed by atoms with Gasteiger partial charge in [-0.2, -0.15) is 0 Å². The third-order valence-corrected chi connectivity index (χ3v) is 16.3. The van der Waals surface area contributed by atoms with Crippen molar-refractivity contribution in [3.05, 3.63) is 23.8 Å². The van der Waals surface area contributed by atoms with Crippen LogP contribution in [0.15, 0.2) is 23.8 Å². The van der Waals surface area contributed by atoms with E-state index in [9.17, 15) is 40.5 Å². The smallest absolute Gasteiger partial charge is 0.310 e. The van der Waals surface area contributed by atoms with Crippen molar-refractivity contribution in [1.29, 1.82) is 0 Å². The third-order valence-electron chi connectivity index (χ3n) is 16.3. The summed E-state index contributed by atoms with van der Waals surface area (Å²) in [7, 11) is 0. The standard InChI is InChI=1S/C40H62O12/c1-20-9-14-40(35(47)48)16-15-38(5)21(22(40)17-20)7-8-26-37(4)12-11-27(36(2,3)25(37)10-13-39(26,38)6)51-33-31(46)32(23(42)19-49-33)52-34-30(45)29(44)28(43)24(18-41)50-34/h7,22-34,41-46H,1,8-19H2,2-6H3,(H,47,48). The lowest BCUT2D eigenvalue weighted by Gasteiger charge is -2.71. The molecule has 17 unspecified atom stereocenters. The summed E-state index contributed by atoms with van der Waals surface area (Å²) < 4.78 is 23.8. The number of carboxylic acid groups (broad SMARTS) is 1. The minimum Gasteiger partial charge on any atom is -0.481 e. The molecule has 294 valence electrons. The Balaban J connectivity index is 1.09. The number of aliphatic hydroxyl groups is 6. The van der Waals surface area contributed by atoms with Gasteiger partial charge < -0.3 is 54.7 Å². The summed E-state index contributed by atoms with van der Waals surface area (Å²) in [6, 6.07) is 0. The fourth-order valence-electron chi connectivity index (χ4n) is 13.0. The van der Waals surface area contributed by atoms with E-state index in [1.54, 1.807) is 0 Å². The lowest BCUT2D eigenvalue weighted by atomic mass is 9.34. The summed E-state index contributed by atoms with van der Waals surface area (Å²) in [5.74, 6) is 0.0611. The van der Waals surface area contributed by atoms with E-state index in [2.05, 4.69) is 47.3 Å². The molecular weight excluding hydrogens is 672 g/mol. The van der Waals surface area contributed by atoms with Crippen molar-refractivity contribution >= 4 is 5.97 Å². The van der Waals surface area contributed by atoms with Crippen LogP contribution in [0.5, 0.6) is 0 Å². The quantitative estimate of drug-likeness (QED) is 0.156. The molecule has 0 bridgehead atoms. The SMILES string of the molecule is C=C1CCC2(C(=O)O)CCC3(C)C(=CCC4C5(C)CCC(OC6OCC(O)C(OC7OC(CO)C(O)C(O)C7O)C6O)C(C)(C)C5CCC43C)C2C1. The number of aliphatic carboxylic acids is 1. The maximum atomic E-state index is 12.9. The molecule has 0 aromatic rings. The van der Waals surface area contributed by atoms with Crippen molar-refractivity contribution in [2.45, 2.75) is 160 Å². The van der Waals surface area contributed by atoms with E-state index in [1.165, 1.54) is 11.1 Å². The number of carboxylic acids is 1. The Labute approximate surface area is 307 Å². The summed E-state index contributed by atoms with van der Waals surface area (Å²) in [5.41, 5.74) is 1.43. The first-order chi connectivity index (χ1) is 24.4. The maximum Gasteiger partial charge on any atom is 0.310 e. The lowest BCUT2D eigenvalue weighted by molar-refractivity contribution is -0.357. The van der Waals surface area contributed by atoms with Crippen LogP contribution >= 0.6 is 0 Å². The molecule has 4 saturated carbocycles. The summed E-state index contributed by atoms with van der Waals surface area (Å²) >= 11 is 0. The van der Waals surface area contributed by atoms with E-state index >= 15 is 0 Å². The zero-order valence-electron chi connectivity index (χ0n) is 31.4. The van der Waals surface area contributed by atoms with Crippen LogP contribution in [-0.2, 0) is 23.7 Å². The first kappa shape index (κ1) is 38.8. The van der Waals surface area contributed by atoms with Gasteiger partial charge in [0.25, 0.3) is 0 Å². The van der Waals surface area contributed by atoms with E-state index in [-0.39, 0.29) is 40.3 Å². The number of hydrogen-bond donors (Lipinski definition) is 7. The van der Waals surface area contributed by atoms with Crippen molar-refractivity contribution in [2.75, 3.05) is 13.2 Å². The molecule has 7 rings (SSSR count). The Bertz CT molecular complexity index is 1430. The van der Waals surface area contributed by atoms with Crippen LogP contribution in [0, 0.1) is 44.8 Å². The summed E-state index contributed by atoms with van der Waals surface area (Å²) in [6.45, 7) is 15.3. The highest BCUT2D eigenvalue weighted by molar-refractivity contribution is 5.77. The van der Waals surface area contributed by atoms with Gasteiger partial charge in [0.05, 0.1) is 24.7 Å². The van der Waals surface area contributed by atoms with Crippen LogP contribution < -0.4 is 0 Å². The van der Waals surface area contributed by atoms with Gasteiger partial charge in [0.15, 0.2) is 12.6 Å². The molecule has 7 N–H and O–H groups in total. The van der Waals surface area contributed by atoms with Crippen molar-refractivity contribution < 1.29 is 59.5 Å². The predicted molar refractivity (Wildman–Crippen MR) is 187 cm³/mol. The average molecular weight is 735 g/mol. The van der Waals surface area contributed by atoms with Gasteiger partial charge in [0, 0.05) is 5.92 Å². The van der Waals surface area contributed by atoms with Gasteiger partial charge in [0.2, 0.25) is 0 Å². The first-order valence-corrected chi connectivity index (χ1v) is 19.6. The lowest BCUT2D eigenvalue weighted by Crippen LogP contribution is -2.66. The molecular formula is C40H62O12. The van der Waals surface area contributed by atoms with Gasteiger partial charge in [-0.25, -0.2) is 0 Å². The molecule has 0 aromatic heterocycles. The molecule has 0 aromatic carbocycles. The monoisotopic (exact) mass is 734 g/mol. The summed E-state index contributed by atoms with van der Waals surface area (Å²) in [6.07, 6.45) is -2.24. The molecule has 0 amide bonds. The zero-order valence-corrected chi connectivity index (χ0v) is 31.4. The van der Waals surface area contributed by atoms with E-state index in [4.69, 9.17) is 18.9 Å². The number of hydrogen-bond acceptors (Lipinski definition) is 11. The molecule has 0 spiro atoms. The predicted octanol–water partition coefficient (Wildman–Crippen LogP) is 3.05. The molecule has 12 heteroatoms. The van der Waals surface area contributed by atoms with Crippen molar-refractivity contribution in [2.24, 2.45) is 44.8 Å². The number of rotatable bonds is 6. The third kappa shape index (κ3) is 5.56. The Morgan fingerprint density at radius 2 is 1.62 bits per heavy atom. The normalized spacial score (nSPS) is 53.1. The van der Waals surface area contributed by atoms with E-state index < -0.39 is 73.3 Å². The summed E-state index contributed by atoms with van der Waals surface area (Å²) in [5, 5.41) is 73.3. The molecule has 17 atom stereocenters. The number of fused-ring (bicyclic) bond motifs is 7. The van der Waals surface area contributed by atoms with Gasteiger partial charge in [-0.1, -0.05) is 58.4 Å². The summed E-state index contributed by atoms with van der Waals surface area (Å²) in [4.78, 5) is 12.9. The highest BCUT2D eigenvalue weighted by atomic mass is 16.7. The highest BCUT2D eigenvalue weighted by Crippen LogP contribution is 2.75. The Hall–Kier alpha value is -1.45. The molecule has 2 aliphatic heterocycles. The molecule has 7 aliphatic rings. The van der Waals surface area contributed by atoms with Crippen LogP contribution in [-0.4, -0.2) is 116 Å². The molecule has 52 heavy (non-hydrogen) atoms. The van der Waals surface area contributed by atoms with Gasteiger partial charge in [-0.15, -0.1) is 0 Å². The second kappa shape index (κ2) is 13.3. The number of aliphatic hydroxyl groups excluding tert-OH is 6. The van der Waals surface area contributed by atoms with E-state index in [0.29, 0.717) is 24.7 Å². The van der Waals surface area contributed by atoms with Crippen LogP contribution in [0.4, 0.5) is 0 Å². The van der Waals surface area contributed by atoms with Gasteiger partial charge in [0.1, 0.15) is 42.7 Å². The number of allylic oxidation sites excluding steroid dienone is 3. The molecule has 5 aliphatic carbocycles. The molecule has 6 fully saturated rings. The fraction of sp³-hybridized carbons (Fsp3) is 0.875. The number of ether oxygens (including phenoxy) is 4. The molecule has 12 nitrogen and oxygen atoms in total. The average Bonchev–Trinajstić information content (AvgIpc) is 3.09. The van der Waals surface area contributed by atoms with Gasteiger partial charge >= 0.3 is 5.97 Å². The Kier molecular flexibility index (Phi) is 9.96. The Morgan fingerprint density at radius 3 is 2.31 bits per heavy atom. The second-order valence-electron chi connectivity index (χ2n) is 18.8. The first-order valence-electron chi connectivity index (χ1n) is 19.6. The molecule has 2 heterocycles. The zero-order chi connectivity index (χ0) is 37.8. The molecule has 0 radical (unpaired) electrons. The van der Waals surface area contributed by atoms with Gasteiger partial charge in [-0.05, 0) is 97.7 Å². The van der Waals surface area contributed by atoms with Crippen LogP contribution in [0.2, 0.25) is 0 Å². The molecule has 2 saturated heterocycles.